The molecule has 10 nitrogen and oxygen atoms in total. The smallest absolute Gasteiger partial charge is 0.340 e. The van der Waals surface area contributed by atoms with Crippen molar-refractivity contribution in [3.8, 4) is 0 Å². The Labute approximate surface area is 187 Å². The van der Waals surface area contributed by atoms with Gasteiger partial charge in [-0.1, -0.05) is 23.2 Å². The minimum absolute atomic E-state index is 0.0409. The van der Waals surface area contributed by atoms with Crippen molar-refractivity contribution in [3.05, 3.63) is 62.1 Å². The van der Waals surface area contributed by atoms with E-state index >= 15 is 0 Å². The van der Waals surface area contributed by atoms with Gasteiger partial charge in [-0.15, -0.1) is 0 Å². The van der Waals surface area contributed by atoms with Crippen molar-refractivity contribution in [2.24, 2.45) is 0 Å². The zero-order valence-electron chi connectivity index (χ0n) is 16.5. The fraction of sp³-hybridized carbons (Fsp3) is 0.222. The molecule has 1 amide bonds. The summed E-state index contributed by atoms with van der Waals surface area (Å²) in [5.41, 5.74) is -0.589. The van der Waals surface area contributed by atoms with E-state index in [4.69, 9.17) is 27.9 Å². The normalized spacial score (nSPS) is 12.3. The van der Waals surface area contributed by atoms with Crippen molar-refractivity contribution >= 4 is 56.5 Å². The number of hydrogen-bond acceptors (Lipinski definition) is 7. The van der Waals surface area contributed by atoms with Crippen LogP contribution in [0.15, 0.2) is 41.3 Å². The van der Waals surface area contributed by atoms with Crippen LogP contribution in [0.2, 0.25) is 10.0 Å². The van der Waals surface area contributed by atoms with E-state index in [1.807, 2.05) is 0 Å². The second-order valence-corrected chi connectivity index (χ2v) is 9.35. The van der Waals surface area contributed by atoms with Crippen LogP contribution in [0.5, 0.6) is 0 Å². The number of halogens is 2. The van der Waals surface area contributed by atoms with Crippen molar-refractivity contribution in [2.45, 2.75) is 17.9 Å². The van der Waals surface area contributed by atoms with Crippen molar-refractivity contribution in [3.63, 3.8) is 0 Å². The quantitative estimate of drug-likeness (QED) is 0.357. The van der Waals surface area contributed by atoms with Crippen molar-refractivity contribution in [2.75, 3.05) is 19.4 Å². The van der Waals surface area contributed by atoms with Gasteiger partial charge in [0.1, 0.15) is 0 Å². The van der Waals surface area contributed by atoms with Gasteiger partial charge < -0.3 is 10.1 Å². The molecule has 2 aromatic carbocycles. The maximum atomic E-state index is 12.5. The molecule has 0 radical (unpaired) electrons. The van der Waals surface area contributed by atoms with E-state index < -0.39 is 32.9 Å². The Morgan fingerprint density at radius 3 is 2.32 bits per heavy atom. The summed E-state index contributed by atoms with van der Waals surface area (Å²) < 4.78 is 30.6. The number of rotatable bonds is 7. The molecule has 1 atom stereocenters. The zero-order chi connectivity index (χ0) is 23.5. The first-order chi connectivity index (χ1) is 14.3. The molecule has 13 heteroatoms. The summed E-state index contributed by atoms with van der Waals surface area (Å²) in [6.45, 7) is 1.26. The number of carbonyl (C=O) groups is 2. The number of sulfonamides is 1. The van der Waals surface area contributed by atoms with Gasteiger partial charge in [-0.3, -0.25) is 14.9 Å². The third kappa shape index (κ3) is 5.70. The average molecular weight is 490 g/mol. The summed E-state index contributed by atoms with van der Waals surface area (Å²) in [5, 5.41) is 13.2. The van der Waals surface area contributed by atoms with Crippen LogP contribution < -0.4 is 5.32 Å². The molecule has 2 rings (SSSR count). The molecule has 0 aromatic heterocycles. The Morgan fingerprint density at radius 2 is 1.74 bits per heavy atom. The summed E-state index contributed by atoms with van der Waals surface area (Å²) in [4.78, 5) is 34.9. The van der Waals surface area contributed by atoms with E-state index in [9.17, 15) is 28.1 Å². The number of nitro groups is 1. The number of nitrogens with one attached hydrogen (secondary N) is 1. The SMILES string of the molecule is CC(OC(=O)c1cc(S(=O)(=O)N(C)C)ccc1Cl)C(=O)Nc1cc([N+](=O)[O-])ccc1Cl. The Bertz CT molecular complexity index is 1150. The van der Waals surface area contributed by atoms with Gasteiger partial charge in [0.15, 0.2) is 6.10 Å². The van der Waals surface area contributed by atoms with Crippen LogP contribution in [0.3, 0.4) is 0 Å². The maximum absolute atomic E-state index is 12.5. The minimum atomic E-state index is -3.83. The predicted molar refractivity (Wildman–Crippen MR) is 114 cm³/mol. The average Bonchev–Trinajstić information content (AvgIpc) is 2.69. The van der Waals surface area contributed by atoms with Crippen LogP contribution in [0.1, 0.15) is 17.3 Å². The topological polar surface area (TPSA) is 136 Å². The largest absolute Gasteiger partial charge is 0.449 e. The van der Waals surface area contributed by atoms with Crippen molar-refractivity contribution in [1.29, 1.82) is 0 Å². The number of nitrogens with zero attached hydrogens (tertiary/aromatic N) is 2. The molecule has 1 unspecified atom stereocenters. The van der Waals surface area contributed by atoms with Crippen LogP contribution in [-0.2, 0) is 19.6 Å². The Hall–Kier alpha value is -2.73. The van der Waals surface area contributed by atoms with E-state index in [2.05, 4.69) is 5.32 Å². The number of non-ortho nitro benzene ring substituents is 1. The van der Waals surface area contributed by atoms with E-state index in [0.717, 1.165) is 22.5 Å². The summed E-state index contributed by atoms with van der Waals surface area (Å²) in [7, 11) is -1.18. The second kappa shape index (κ2) is 9.60. The van der Waals surface area contributed by atoms with Crippen LogP contribution in [0, 0.1) is 10.1 Å². The number of benzene rings is 2. The highest BCUT2D eigenvalue weighted by Crippen LogP contribution is 2.27. The lowest BCUT2D eigenvalue weighted by Gasteiger charge is -2.16. The van der Waals surface area contributed by atoms with Gasteiger partial charge in [0.05, 0.1) is 31.1 Å². The van der Waals surface area contributed by atoms with Crippen LogP contribution >= 0.6 is 23.2 Å². The molecule has 2 aromatic rings. The molecule has 0 spiro atoms. The lowest BCUT2D eigenvalue weighted by molar-refractivity contribution is -0.384. The molecule has 166 valence electrons. The Balaban J connectivity index is 2.20. The molecule has 0 saturated carbocycles. The molecule has 0 heterocycles. The van der Waals surface area contributed by atoms with Gasteiger partial charge >= 0.3 is 5.97 Å². The summed E-state index contributed by atoms with van der Waals surface area (Å²) >= 11 is 11.9. The number of anilines is 1. The molecule has 0 aliphatic rings. The van der Waals surface area contributed by atoms with Crippen LogP contribution in [0.25, 0.3) is 0 Å². The minimum Gasteiger partial charge on any atom is -0.449 e. The molecule has 0 saturated heterocycles. The summed E-state index contributed by atoms with van der Waals surface area (Å²) in [5.74, 6) is -1.85. The molecular weight excluding hydrogens is 473 g/mol. The second-order valence-electron chi connectivity index (χ2n) is 6.39. The van der Waals surface area contributed by atoms with Crippen molar-refractivity contribution in [1.82, 2.24) is 4.31 Å². The van der Waals surface area contributed by atoms with Gasteiger partial charge in [0.2, 0.25) is 10.0 Å². The first-order valence-corrected chi connectivity index (χ1v) is 10.7. The molecule has 0 aliphatic carbocycles. The lowest BCUT2D eigenvalue weighted by Crippen LogP contribution is -2.30. The summed E-state index contributed by atoms with van der Waals surface area (Å²) in [6.07, 6.45) is -1.35. The lowest BCUT2D eigenvalue weighted by atomic mass is 10.2. The fourth-order valence-electron chi connectivity index (χ4n) is 2.27. The monoisotopic (exact) mass is 489 g/mol. The zero-order valence-corrected chi connectivity index (χ0v) is 18.8. The first kappa shape index (κ1) is 24.5. The number of hydrogen-bond donors (Lipinski definition) is 1. The van der Waals surface area contributed by atoms with E-state index in [0.29, 0.717) is 0 Å². The third-order valence-electron chi connectivity index (χ3n) is 4.01. The number of esters is 1. The highest BCUT2D eigenvalue weighted by atomic mass is 35.5. The van der Waals surface area contributed by atoms with Gasteiger partial charge in [-0.2, -0.15) is 0 Å². The van der Waals surface area contributed by atoms with E-state index in [-0.39, 0.29) is 31.9 Å². The molecule has 0 aliphatic heterocycles. The Kier molecular flexibility index (Phi) is 7.60. The van der Waals surface area contributed by atoms with E-state index in [1.54, 1.807) is 0 Å². The van der Waals surface area contributed by atoms with Gasteiger partial charge in [-0.05, 0) is 31.2 Å². The number of amides is 1. The van der Waals surface area contributed by atoms with Crippen LogP contribution in [-0.4, -0.2) is 49.7 Å². The number of ether oxygens (including phenoxy) is 1. The molecule has 0 bridgehead atoms. The van der Waals surface area contributed by atoms with Crippen molar-refractivity contribution < 1.29 is 27.7 Å². The van der Waals surface area contributed by atoms with Gasteiger partial charge in [0, 0.05) is 26.2 Å². The van der Waals surface area contributed by atoms with E-state index in [1.165, 1.54) is 39.2 Å². The fourth-order valence-corrected chi connectivity index (χ4v) is 3.55. The standard InChI is InChI=1S/C18H17Cl2N3O7S/c1-10(17(24)21-16-8-11(23(26)27)4-6-15(16)20)30-18(25)13-9-12(5-7-14(13)19)31(28,29)22(2)3/h4-10H,1-3H3,(H,21,24). The molecule has 0 fully saturated rings. The highest BCUT2D eigenvalue weighted by molar-refractivity contribution is 7.89. The van der Waals surface area contributed by atoms with Gasteiger partial charge in [0.25, 0.3) is 11.6 Å². The van der Waals surface area contributed by atoms with Gasteiger partial charge in [-0.25, -0.2) is 17.5 Å². The summed E-state index contributed by atoms with van der Waals surface area (Å²) in [6, 6.07) is 6.96. The highest BCUT2D eigenvalue weighted by Gasteiger charge is 2.25. The molecular formula is C18H17Cl2N3O7S. The Morgan fingerprint density at radius 1 is 1.13 bits per heavy atom. The first-order valence-electron chi connectivity index (χ1n) is 8.52. The molecule has 1 N–H and O–H groups in total. The molecule has 31 heavy (non-hydrogen) atoms. The third-order valence-corrected chi connectivity index (χ3v) is 6.48. The predicted octanol–water partition coefficient (Wildman–Crippen LogP) is 3.34. The maximum Gasteiger partial charge on any atom is 0.340 e. The number of nitro benzene ring substituents is 1. The van der Waals surface area contributed by atoms with Crippen LogP contribution in [0.4, 0.5) is 11.4 Å². The number of carbonyl (C=O) groups excluding carboxylic acids is 2.